The molecule has 2 aliphatic rings. The van der Waals surface area contributed by atoms with Crippen LogP contribution in [0.1, 0.15) is 29.9 Å². The SMILES string of the molecule is COc1cccc(C(Cc2ccccc2)C(=O)N2CCC3(CC2)OCCO3)c1. The van der Waals surface area contributed by atoms with Gasteiger partial charge >= 0.3 is 0 Å². The van der Waals surface area contributed by atoms with E-state index in [0.717, 1.165) is 29.7 Å². The predicted octanol–water partition coefficient (Wildman–Crippen LogP) is 3.39. The Labute approximate surface area is 166 Å². The van der Waals surface area contributed by atoms with Crippen molar-refractivity contribution in [3.8, 4) is 5.75 Å². The fraction of sp³-hybridized carbons (Fsp3) is 0.435. The van der Waals surface area contributed by atoms with Gasteiger partial charge in [-0.1, -0.05) is 42.5 Å². The summed E-state index contributed by atoms with van der Waals surface area (Å²) in [6.45, 7) is 2.62. The zero-order valence-corrected chi connectivity index (χ0v) is 16.3. The van der Waals surface area contributed by atoms with E-state index in [1.54, 1.807) is 7.11 Å². The maximum absolute atomic E-state index is 13.5. The molecule has 0 N–H and O–H groups in total. The zero-order valence-electron chi connectivity index (χ0n) is 16.3. The zero-order chi connectivity index (χ0) is 19.4. The summed E-state index contributed by atoms with van der Waals surface area (Å²) in [6.07, 6.45) is 2.13. The van der Waals surface area contributed by atoms with E-state index in [9.17, 15) is 4.79 Å². The highest BCUT2D eigenvalue weighted by Gasteiger charge is 2.41. The minimum atomic E-state index is -0.471. The number of nitrogens with zero attached hydrogens (tertiary/aromatic N) is 1. The third-order valence-corrected chi connectivity index (χ3v) is 5.73. The molecule has 0 bridgehead atoms. The molecule has 5 heteroatoms. The Hall–Kier alpha value is -2.37. The standard InChI is InChI=1S/C23H27NO4/c1-26-20-9-5-8-19(17-20)21(16-18-6-3-2-4-7-18)22(25)24-12-10-23(11-13-24)27-14-15-28-23/h2-9,17,21H,10-16H2,1H3. The van der Waals surface area contributed by atoms with Crippen molar-refractivity contribution in [1.82, 2.24) is 4.90 Å². The van der Waals surface area contributed by atoms with Crippen LogP contribution in [0, 0.1) is 0 Å². The normalized spacial score (nSPS) is 19.5. The molecule has 4 rings (SSSR count). The first-order valence-corrected chi connectivity index (χ1v) is 9.94. The topological polar surface area (TPSA) is 48.0 Å². The Bertz CT molecular complexity index is 791. The van der Waals surface area contributed by atoms with Gasteiger partial charge in [0.15, 0.2) is 5.79 Å². The maximum atomic E-state index is 13.5. The number of hydrogen-bond donors (Lipinski definition) is 0. The Balaban J connectivity index is 1.54. The lowest BCUT2D eigenvalue weighted by Crippen LogP contribution is -2.48. The molecule has 0 saturated carbocycles. The van der Waals surface area contributed by atoms with Crippen LogP contribution in [-0.2, 0) is 20.7 Å². The molecule has 1 atom stereocenters. The van der Waals surface area contributed by atoms with E-state index in [-0.39, 0.29) is 11.8 Å². The highest BCUT2D eigenvalue weighted by Crippen LogP contribution is 2.33. The summed E-state index contributed by atoms with van der Waals surface area (Å²) >= 11 is 0. The molecular weight excluding hydrogens is 354 g/mol. The molecule has 0 aromatic heterocycles. The molecule has 1 amide bonds. The van der Waals surface area contributed by atoms with Gasteiger partial charge in [-0.25, -0.2) is 0 Å². The summed E-state index contributed by atoms with van der Waals surface area (Å²) in [5, 5.41) is 0. The van der Waals surface area contributed by atoms with Crippen molar-refractivity contribution >= 4 is 5.91 Å². The summed E-state index contributed by atoms with van der Waals surface area (Å²) in [4.78, 5) is 15.5. The van der Waals surface area contributed by atoms with Crippen LogP contribution in [0.25, 0.3) is 0 Å². The largest absolute Gasteiger partial charge is 0.497 e. The molecule has 2 aromatic carbocycles. The Morgan fingerprint density at radius 2 is 1.79 bits per heavy atom. The number of carbonyl (C=O) groups is 1. The molecule has 0 radical (unpaired) electrons. The van der Waals surface area contributed by atoms with Crippen molar-refractivity contribution in [2.45, 2.75) is 31.0 Å². The molecule has 1 spiro atoms. The number of rotatable bonds is 5. The van der Waals surface area contributed by atoms with E-state index in [4.69, 9.17) is 14.2 Å². The molecule has 5 nitrogen and oxygen atoms in total. The van der Waals surface area contributed by atoms with Gasteiger partial charge in [-0.3, -0.25) is 4.79 Å². The van der Waals surface area contributed by atoms with Crippen LogP contribution in [-0.4, -0.2) is 50.0 Å². The summed E-state index contributed by atoms with van der Waals surface area (Å²) in [5.41, 5.74) is 2.14. The van der Waals surface area contributed by atoms with Gasteiger partial charge < -0.3 is 19.1 Å². The van der Waals surface area contributed by atoms with E-state index in [1.807, 2.05) is 47.4 Å². The van der Waals surface area contributed by atoms with Gasteiger partial charge in [0.2, 0.25) is 5.91 Å². The second-order valence-electron chi connectivity index (χ2n) is 7.45. The van der Waals surface area contributed by atoms with Crippen molar-refractivity contribution in [1.29, 1.82) is 0 Å². The molecule has 2 aliphatic heterocycles. The summed E-state index contributed by atoms with van der Waals surface area (Å²) in [5.74, 6) is 0.220. The van der Waals surface area contributed by atoms with Crippen LogP contribution >= 0.6 is 0 Å². The minimum Gasteiger partial charge on any atom is -0.497 e. The van der Waals surface area contributed by atoms with E-state index in [0.29, 0.717) is 32.7 Å². The van der Waals surface area contributed by atoms with Crippen molar-refractivity contribution in [3.05, 3.63) is 65.7 Å². The highest BCUT2D eigenvalue weighted by atomic mass is 16.7. The molecule has 2 heterocycles. The van der Waals surface area contributed by atoms with Gasteiger partial charge in [-0.2, -0.15) is 0 Å². The molecular formula is C23H27NO4. The van der Waals surface area contributed by atoms with Gasteiger partial charge in [0.25, 0.3) is 0 Å². The fourth-order valence-corrected chi connectivity index (χ4v) is 4.13. The van der Waals surface area contributed by atoms with Gasteiger partial charge in [0.1, 0.15) is 5.75 Å². The fourth-order valence-electron chi connectivity index (χ4n) is 4.13. The van der Waals surface area contributed by atoms with Gasteiger partial charge in [0, 0.05) is 25.9 Å². The average Bonchev–Trinajstić information content (AvgIpc) is 3.21. The molecule has 148 valence electrons. The molecule has 2 aromatic rings. The summed E-state index contributed by atoms with van der Waals surface area (Å²) < 4.78 is 17.0. The van der Waals surface area contributed by atoms with Crippen LogP contribution in [0.15, 0.2) is 54.6 Å². The lowest BCUT2D eigenvalue weighted by atomic mass is 9.89. The lowest BCUT2D eigenvalue weighted by molar-refractivity contribution is -0.187. The van der Waals surface area contributed by atoms with Crippen LogP contribution in [0.3, 0.4) is 0 Å². The van der Waals surface area contributed by atoms with Crippen LogP contribution in [0.2, 0.25) is 0 Å². The second kappa shape index (κ2) is 8.33. The molecule has 2 saturated heterocycles. The van der Waals surface area contributed by atoms with Crippen molar-refractivity contribution in [2.75, 3.05) is 33.4 Å². The average molecular weight is 381 g/mol. The van der Waals surface area contributed by atoms with Gasteiger partial charge in [-0.05, 0) is 29.7 Å². The number of likely N-dealkylation sites (tertiary alicyclic amines) is 1. The van der Waals surface area contributed by atoms with E-state index >= 15 is 0 Å². The quantitative estimate of drug-likeness (QED) is 0.797. The third-order valence-electron chi connectivity index (χ3n) is 5.73. The van der Waals surface area contributed by atoms with E-state index in [2.05, 4.69) is 12.1 Å². The number of hydrogen-bond acceptors (Lipinski definition) is 4. The lowest BCUT2D eigenvalue weighted by Gasteiger charge is -2.39. The molecule has 1 unspecified atom stereocenters. The summed E-state index contributed by atoms with van der Waals surface area (Å²) in [6, 6.07) is 18.0. The summed E-state index contributed by atoms with van der Waals surface area (Å²) in [7, 11) is 1.65. The number of piperidine rings is 1. The number of ether oxygens (including phenoxy) is 3. The Morgan fingerprint density at radius 3 is 2.46 bits per heavy atom. The second-order valence-corrected chi connectivity index (χ2v) is 7.45. The number of carbonyl (C=O) groups excluding carboxylic acids is 1. The molecule has 0 aliphatic carbocycles. The predicted molar refractivity (Wildman–Crippen MR) is 106 cm³/mol. The maximum Gasteiger partial charge on any atom is 0.230 e. The number of methoxy groups -OCH3 is 1. The van der Waals surface area contributed by atoms with Crippen molar-refractivity contribution in [3.63, 3.8) is 0 Å². The van der Waals surface area contributed by atoms with Crippen LogP contribution in [0.5, 0.6) is 5.75 Å². The van der Waals surface area contributed by atoms with E-state index < -0.39 is 5.79 Å². The third kappa shape index (κ3) is 4.05. The Kier molecular flexibility index (Phi) is 5.64. The molecule has 2 fully saturated rings. The first-order valence-electron chi connectivity index (χ1n) is 9.94. The van der Waals surface area contributed by atoms with Crippen LogP contribution in [0.4, 0.5) is 0 Å². The van der Waals surface area contributed by atoms with Crippen LogP contribution < -0.4 is 4.74 Å². The van der Waals surface area contributed by atoms with Crippen molar-refractivity contribution in [2.24, 2.45) is 0 Å². The van der Waals surface area contributed by atoms with Gasteiger partial charge in [-0.15, -0.1) is 0 Å². The van der Waals surface area contributed by atoms with Crippen molar-refractivity contribution < 1.29 is 19.0 Å². The first kappa shape index (κ1) is 19.0. The Morgan fingerprint density at radius 1 is 1.07 bits per heavy atom. The molecule has 28 heavy (non-hydrogen) atoms. The first-order chi connectivity index (χ1) is 13.7. The van der Waals surface area contributed by atoms with E-state index in [1.165, 1.54) is 0 Å². The minimum absolute atomic E-state index is 0.157. The smallest absolute Gasteiger partial charge is 0.230 e. The number of amides is 1. The van der Waals surface area contributed by atoms with Gasteiger partial charge in [0.05, 0.1) is 26.2 Å². The highest BCUT2D eigenvalue weighted by molar-refractivity contribution is 5.84. The number of benzene rings is 2. The monoisotopic (exact) mass is 381 g/mol.